The number of ether oxygens (including phenoxy) is 4. The Balaban J connectivity index is 1.36. The van der Waals surface area contributed by atoms with Crippen molar-refractivity contribution in [1.82, 2.24) is 10.4 Å². The lowest BCUT2D eigenvalue weighted by Gasteiger charge is -2.13. The Hall–Kier alpha value is -5.61. The van der Waals surface area contributed by atoms with Gasteiger partial charge in [-0.15, -0.1) is 0 Å². The third-order valence-electron chi connectivity index (χ3n) is 7.17. The topological polar surface area (TPSA) is 128 Å². The van der Waals surface area contributed by atoms with E-state index in [4.69, 9.17) is 30.5 Å². The second-order valence-corrected chi connectivity index (χ2v) is 10.6. The summed E-state index contributed by atoms with van der Waals surface area (Å²) in [6, 6.07) is 22.5. The molecule has 0 aliphatic rings. The molecule has 10 nitrogen and oxygen atoms in total. The van der Waals surface area contributed by atoms with E-state index < -0.39 is 17.8 Å². The second-order valence-electron chi connectivity index (χ2n) is 10.2. The van der Waals surface area contributed by atoms with Crippen LogP contribution in [0.15, 0.2) is 84.0 Å². The monoisotopic (exact) mass is 653 g/mol. The molecule has 4 aromatic carbocycles. The third kappa shape index (κ3) is 7.29. The maximum Gasteiger partial charge on any atom is 0.343 e. The van der Waals surface area contributed by atoms with Crippen molar-refractivity contribution in [3.63, 3.8) is 0 Å². The van der Waals surface area contributed by atoms with Gasteiger partial charge >= 0.3 is 11.9 Å². The zero-order chi connectivity index (χ0) is 33.5. The van der Waals surface area contributed by atoms with Crippen molar-refractivity contribution >= 4 is 46.6 Å². The fraction of sp³-hybridized carbons (Fsp3) is 0.167. The van der Waals surface area contributed by atoms with Crippen LogP contribution >= 0.6 is 11.6 Å². The number of amides is 1. The van der Waals surface area contributed by atoms with Crippen LogP contribution in [-0.4, -0.2) is 42.8 Å². The van der Waals surface area contributed by atoms with Crippen LogP contribution in [-0.2, 0) is 11.2 Å². The zero-order valence-corrected chi connectivity index (χ0v) is 26.9. The fourth-order valence-electron chi connectivity index (χ4n) is 5.06. The van der Waals surface area contributed by atoms with Crippen LogP contribution in [0.4, 0.5) is 0 Å². The lowest BCUT2D eigenvalue weighted by molar-refractivity contribution is -0.132. The Morgan fingerprint density at radius 2 is 1.66 bits per heavy atom. The van der Waals surface area contributed by atoms with E-state index in [-0.39, 0.29) is 22.8 Å². The van der Waals surface area contributed by atoms with Gasteiger partial charge in [0.15, 0.2) is 23.0 Å². The number of carbonyl (C=O) groups is 3. The minimum atomic E-state index is -0.675. The molecule has 0 aliphatic carbocycles. The van der Waals surface area contributed by atoms with Gasteiger partial charge in [-0.25, -0.2) is 10.2 Å². The van der Waals surface area contributed by atoms with Crippen molar-refractivity contribution in [3.8, 4) is 34.1 Å². The van der Waals surface area contributed by atoms with Gasteiger partial charge in [0.1, 0.15) is 5.69 Å². The van der Waals surface area contributed by atoms with Gasteiger partial charge in [0.2, 0.25) is 0 Å². The summed E-state index contributed by atoms with van der Waals surface area (Å²) in [4.78, 5) is 41.1. The summed E-state index contributed by atoms with van der Waals surface area (Å²) in [6.07, 6.45) is 2.24. The van der Waals surface area contributed by atoms with E-state index in [2.05, 4.69) is 22.4 Å². The molecule has 0 bridgehead atoms. The average molecular weight is 654 g/mol. The average Bonchev–Trinajstić information content (AvgIpc) is 3.46. The number of methoxy groups -OCH3 is 1. The largest absolute Gasteiger partial charge is 0.493 e. The number of hydrogen-bond donors (Lipinski definition) is 2. The molecule has 47 heavy (non-hydrogen) atoms. The molecule has 0 atom stereocenters. The van der Waals surface area contributed by atoms with Crippen LogP contribution in [0.25, 0.3) is 22.0 Å². The van der Waals surface area contributed by atoms with Crippen LogP contribution < -0.4 is 24.4 Å². The van der Waals surface area contributed by atoms with Crippen LogP contribution in [0.5, 0.6) is 23.0 Å². The molecule has 0 aliphatic heterocycles. The summed E-state index contributed by atoms with van der Waals surface area (Å²) in [5.74, 6) is -0.790. The number of aromatic nitrogens is 1. The predicted octanol–water partition coefficient (Wildman–Crippen LogP) is 7.37. The number of esters is 2. The van der Waals surface area contributed by atoms with Crippen molar-refractivity contribution in [3.05, 3.63) is 106 Å². The maximum absolute atomic E-state index is 13.5. The molecule has 0 fully saturated rings. The first-order valence-electron chi connectivity index (χ1n) is 14.8. The van der Waals surface area contributed by atoms with Gasteiger partial charge in [0.05, 0.1) is 25.5 Å². The van der Waals surface area contributed by atoms with E-state index in [0.29, 0.717) is 34.2 Å². The first-order valence-corrected chi connectivity index (χ1v) is 15.2. The summed E-state index contributed by atoms with van der Waals surface area (Å²) in [6.45, 7) is 5.42. The molecule has 0 unspecified atom stereocenters. The molecule has 0 spiro atoms. The van der Waals surface area contributed by atoms with Crippen molar-refractivity contribution in [2.24, 2.45) is 5.10 Å². The highest BCUT2D eigenvalue weighted by molar-refractivity contribution is 6.34. The lowest BCUT2D eigenvalue weighted by atomic mass is 9.99. The molecular formula is C36H32ClN3O7. The highest BCUT2D eigenvalue weighted by atomic mass is 35.5. The Labute approximate surface area is 276 Å². The lowest BCUT2D eigenvalue weighted by Crippen LogP contribution is -2.19. The number of carbonyl (C=O) groups excluding carboxylic acids is 3. The predicted molar refractivity (Wildman–Crippen MR) is 180 cm³/mol. The number of para-hydroxylation sites is 1. The minimum Gasteiger partial charge on any atom is -0.493 e. The number of H-pyrrole nitrogens is 1. The number of aromatic amines is 1. The Morgan fingerprint density at radius 3 is 2.38 bits per heavy atom. The number of nitrogens with zero attached hydrogens (tertiary/aromatic N) is 1. The molecule has 1 heterocycles. The van der Waals surface area contributed by atoms with E-state index in [0.717, 1.165) is 28.5 Å². The fourth-order valence-corrected chi connectivity index (χ4v) is 5.29. The number of nitrogens with one attached hydrogen (secondary N) is 2. The number of hydrazone groups is 1. The number of fused-ring (bicyclic) bond motifs is 1. The SMILES string of the molecule is CCOc1cc(C=NNC(=O)c2[nH]c3c(CC)cccc3c2-c2ccccc2Cl)ccc1OC(=O)c1ccc(OC(C)=O)c(OC)c1. The molecule has 0 saturated heterocycles. The molecule has 240 valence electrons. The van der Waals surface area contributed by atoms with Gasteiger partial charge in [-0.2, -0.15) is 5.10 Å². The Morgan fingerprint density at radius 1 is 0.894 bits per heavy atom. The number of aryl methyl sites for hydroxylation is 1. The van der Waals surface area contributed by atoms with Gasteiger partial charge in [-0.05, 0) is 66.9 Å². The van der Waals surface area contributed by atoms with E-state index in [1.54, 1.807) is 31.2 Å². The van der Waals surface area contributed by atoms with Gasteiger partial charge in [0.25, 0.3) is 5.91 Å². The van der Waals surface area contributed by atoms with Crippen molar-refractivity contribution in [2.45, 2.75) is 27.2 Å². The van der Waals surface area contributed by atoms with Crippen molar-refractivity contribution in [2.75, 3.05) is 13.7 Å². The molecule has 5 aromatic rings. The van der Waals surface area contributed by atoms with Gasteiger partial charge < -0.3 is 23.9 Å². The number of benzene rings is 4. The van der Waals surface area contributed by atoms with E-state index in [1.165, 1.54) is 38.4 Å². The molecule has 1 amide bonds. The summed E-state index contributed by atoms with van der Waals surface area (Å²) >= 11 is 6.57. The maximum atomic E-state index is 13.5. The van der Waals surface area contributed by atoms with E-state index in [1.807, 2.05) is 36.4 Å². The van der Waals surface area contributed by atoms with Crippen LogP contribution in [0.2, 0.25) is 5.02 Å². The molecule has 1 aromatic heterocycles. The van der Waals surface area contributed by atoms with Gasteiger partial charge in [0, 0.05) is 34.0 Å². The second kappa shape index (κ2) is 14.7. The first kappa shape index (κ1) is 32.8. The van der Waals surface area contributed by atoms with Gasteiger partial charge in [-0.1, -0.05) is 54.9 Å². The summed E-state index contributed by atoms with van der Waals surface area (Å²) < 4.78 is 21.7. The molecule has 0 saturated carbocycles. The normalized spacial score (nSPS) is 11.0. The standard InChI is InChI=1S/C36H32ClN3O7/c1-5-23-10-9-12-26-32(25-11-7-8-13-27(25)37)34(39-33(23)26)35(42)40-38-20-22-14-16-29(31(18-22)45-6-2)47-36(43)24-15-17-28(46-21(3)41)30(19-24)44-4/h7-20,39H,5-6H2,1-4H3,(H,40,42). The van der Waals surface area contributed by atoms with Crippen molar-refractivity contribution in [1.29, 1.82) is 0 Å². The first-order chi connectivity index (χ1) is 22.7. The smallest absolute Gasteiger partial charge is 0.343 e. The summed E-state index contributed by atoms with van der Waals surface area (Å²) in [7, 11) is 1.40. The van der Waals surface area contributed by atoms with Crippen molar-refractivity contribution < 1.29 is 33.3 Å². The molecule has 0 radical (unpaired) electrons. The number of rotatable bonds is 11. The highest BCUT2D eigenvalue weighted by Crippen LogP contribution is 2.38. The van der Waals surface area contributed by atoms with Crippen LogP contribution in [0, 0.1) is 0 Å². The summed E-state index contributed by atoms with van der Waals surface area (Å²) in [5, 5.41) is 5.59. The van der Waals surface area contributed by atoms with Gasteiger partial charge in [-0.3, -0.25) is 9.59 Å². The molecule has 11 heteroatoms. The zero-order valence-electron chi connectivity index (χ0n) is 26.2. The Bertz CT molecular complexity index is 2000. The van der Waals surface area contributed by atoms with Crippen LogP contribution in [0.3, 0.4) is 0 Å². The minimum absolute atomic E-state index is 0.174. The van der Waals surface area contributed by atoms with E-state index in [9.17, 15) is 14.4 Å². The third-order valence-corrected chi connectivity index (χ3v) is 7.50. The number of halogens is 1. The molecular weight excluding hydrogens is 622 g/mol. The molecule has 2 N–H and O–H groups in total. The summed E-state index contributed by atoms with van der Waals surface area (Å²) in [5.41, 5.74) is 7.05. The Kier molecular flexibility index (Phi) is 10.2. The van der Waals surface area contributed by atoms with E-state index >= 15 is 0 Å². The highest BCUT2D eigenvalue weighted by Gasteiger charge is 2.22. The van der Waals surface area contributed by atoms with Crippen LogP contribution in [0.1, 0.15) is 52.7 Å². The number of hydrogen-bond acceptors (Lipinski definition) is 8. The quantitative estimate of drug-likeness (QED) is 0.0659. The molecule has 5 rings (SSSR count).